The van der Waals surface area contributed by atoms with Gasteiger partial charge in [-0.1, -0.05) is 24.3 Å². The number of hydrogen-bond acceptors (Lipinski definition) is 6. The van der Waals surface area contributed by atoms with E-state index >= 15 is 0 Å². The molecular formula is C24H25NO4S. The van der Waals surface area contributed by atoms with Crippen LogP contribution in [0.2, 0.25) is 0 Å². The van der Waals surface area contributed by atoms with Gasteiger partial charge in [0, 0.05) is 45.7 Å². The number of allylic oxidation sites excluding steroid dienone is 2. The highest BCUT2D eigenvalue weighted by molar-refractivity contribution is 7.10. The molecule has 2 aromatic rings. The van der Waals surface area contributed by atoms with Crippen LogP contribution in [-0.4, -0.2) is 31.2 Å². The molecule has 0 bridgehead atoms. The molecule has 0 saturated heterocycles. The first-order valence-corrected chi connectivity index (χ1v) is 11.1. The summed E-state index contributed by atoms with van der Waals surface area (Å²) in [7, 11) is 1.60. The fraction of sp³-hybridized carbons (Fsp3) is 0.375. The highest BCUT2D eigenvalue weighted by Crippen LogP contribution is 2.49. The number of benzene rings is 1. The molecule has 1 aliphatic heterocycles. The Hall–Kier alpha value is -2.73. The quantitative estimate of drug-likeness (QED) is 0.642. The van der Waals surface area contributed by atoms with E-state index < -0.39 is 11.8 Å². The van der Waals surface area contributed by atoms with Crippen LogP contribution in [0.4, 0.5) is 0 Å². The number of nitrogens with zero attached hydrogens (tertiary/aromatic N) is 1. The second-order valence-electron chi connectivity index (χ2n) is 7.61. The van der Waals surface area contributed by atoms with Gasteiger partial charge in [0.25, 0.3) is 0 Å². The smallest absolute Gasteiger partial charge is 0.315 e. The van der Waals surface area contributed by atoms with E-state index in [0.717, 1.165) is 11.3 Å². The zero-order valence-corrected chi connectivity index (χ0v) is 18.2. The lowest BCUT2D eigenvalue weighted by molar-refractivity contribution is -0.146. The minimum Gasteiger partial charge on any atom is -0.496 e. The number of ether oxygens (including phenoxy) is 2. The van der Waals surface area contributed by atoms with Gasteiger partial charge in [-0.05, 0) is 37.8 Å². The Morgan fingerprint density at radius 2 is 2.00 bits per heavy atom. The fourth-order valence-corrected chi connectivity index (χ4v) is 5.41. The van der Waals surface area contributed by atoms with E-state index in [0.29, 0.717) is 29.9 Å². The number of aliphatic imine (C=N–C) groups is 1. The number of Topliss-reactive ketones (excluding diaryl/α,β-unsaturated/α-hetero) is 1. The van der Waals surface area contributed by atoms with Gasteiger partial charge in [-0.15, -0.1) is 11.3 Å². The third-order valence-corrected chi connectivity index (χ3v) is 6.88. The van der Waals surface area contributed by atoms with Crippen molar-refractivity contribution in [2.75, 3.05) is 13.7 Å². The average molecular weight is 424 g/mol. The van der Waals surface area contributed by atoms with Gasteiger partial charge in [-0.25, -0.2) is 0 Å². The molecule has 3 atom stereocenters. The summed E-state index contributed by atoms with van der Waals surface area (Å²) in [6.07, 6.45) is 1.12. The molecule has 2 aliphatic rings. The van der Waals surface area contributed by atoms with Crippen LogP contribution in [0.15, 0.2) is 58.0 Å². The molecule has 0 amide bonds. The van der Waals surface area contributed by atoms with Crippen LogP contribution < -0.4 is 4.74 Å². The minimum atomic E-state index is -0.637. The van der Waals surface area contributed by atoms with Gasteiger partial charge in [0.05, 0.1) is 13.7 Å². The number of thiophene rings is 1. The van der Waals surface area contributed by atoms with E-state index in [1.165, 1.54) is 4.88 Å². The molecule has 1 aromatic heterocycles. The summed E-state index contributed by atoms with van der Waals surface area (Å²) in [6.45, 7) is 3.92. The first kappa shape index (κ1) is 20.5. The van der Waals surface area contributed by atoms with Crippen molar-refractivity contribution in [1.29, 1.82) is 0 Å². The molecule has 1 unspecified atom stereocenters. The maximum atomic E-state index is 13.4. The largest absolute Gasteiger partial charge is 0.496 e. The number of carbonyl (C=O) groups excluding carboxylic acids is 2. The van der Waals surface area contributed by atoms with E-state index in [9.17, 15) is 9.59 Å². The van der Waals surface area contributed by atoms with E-state index in [2.05, 4.69) is 6.07 Å². The molecule has 0 spiro atoms. The molecule has 0 N–H and O–H groups in total. The van der Waals surface area contributed by atoms with Gasteiger partial charge >= 0.3 is 5.97 Å². The topological polar surface area (TPSA) is 65.0 Å². The highest BCUT2D eigenvalue weighted by atomic mass is 32.1. The van der Waals surface area contributed by atoms with Crippen LogP contribution in [0.5, 0.6) is 5.75 Å². The summed E-state index contributed by atoms with van der Waals surface area (Å²) in [4.78, 5) is 32.4. The predicted molar refractivity (Wildman–Crippen MR) is 117 cm³/mol. The molecule has 0 radical (unpaired) electrons. The third-order valence-electron chi connectivity index (χ3n) is 5.85. The van der Waals surface area contributed by atoms with Gasteiger partial charge in [-0.2, -0.15) is 0 Å². The summed E-state index contributed by atoms with van der Waals surface area (Å²) in [6, 6.07) is 11.7. The van der Waals surface area contributed by atoms with Crippen LogP contribution >= 0.6 is 11.3 Å². The average Bonchev–Trinajstić information content (AvgIpc) is 3.27. The molecule has 4 rings (SSSR count). The SMILES string of the molecule is CCOC(=O)C1C(C)=NC2=C(C(=O)C[C@@H](c3cccs3)C2)[C@@H]1c1ccccc1OC. The lowest BCUT2D eigenvalue weighted by Crippen LogP contribution is -2.38. The van der Waals surface area contributed by atoms with Crippen LogP contribution in [0.25, 0.3) is 0 Å². The Kier molecular flexibility index (Phi) is 5.86. The Labute approximate surface area is 180 Å². The van der Waals surface area contributed by atoms with Crippen LogP contribution in [0.3, 0.4) is 0 Å². The molecule has 0 saturated carbocycles. The monoisotopic (exact) mass is 423 g/mol. The summed E-state index contributed by atoms with van der Waals surface area (Å²) in [5.41, 5.74) is 2.93. The number of methoxy groups -OCH3 is 1. The minimum absolute atomic E-state index is 0.0519. The Morgan fingerprint density at radius 3 is 2.70 bits per heavy atom. The van der Waals surface area contributed by atoms with Crippen molar-refractivity contribution < 1.29 is 19.1 Å². The van der Waals surface area contributed by atoms with Crippen molar-refractivity contribution in [3.63, 3.8) is 0 Å². The fourth-order valence-electron chi connectivity index (χ4n) is 4.58. The van der Waals surface area contributed by atoms with E-state index in [1.54, 1.807) is 25.4 Å². The molecule has 2 heterocycles. The maximum Gasteiger partial charge on any atom is 0.315 e. The van der Waals surface area contributed by atoms with Crippen molar-refractivity contribution in [3.05, 3.63) is 63.5 Å². The number of para-hydroxylation sites is 1. The van der Waals surface area contributed by atoms with Crippen molar-refractivity contribution in [2.24, 2.45) is 10.9 Å². The van der Waals surface area contributed by atoms with Gasteiger partial charge < -0.3 is 9.47 Å². The van der Waals surface area contributed by atoms with Gasteiger partial charge in [-0.3, -0.25) is 14.6 Å². The van der Waals surface area contributed by atoms with Crippen LogP contribution in [-0.2, 0) is 14.3 Å². The number of ketones is 1. The lowest BCUT2D eigenvalue weighted by atomic mass is 9.69. The molecule has 0 fully saturated rings. The maximum absolute atomic E-state index is 13.4. The van der Waals surface area contributed by atoms with Gasteiger partial charge in [0.1, 0.15) is 11.7 Å². The number of esters is 1. The van der Waals surface area contributed by atoms with Crippen molar-refractivity contribution in [2.45, 2.75) is 38.5 Å². The second-order valence-corrected chi connectivity index (χ2v) is 8.59. The summed E-state index contributed by atoms with van der Waals surface area (Å²) >= 11 is 1.67. The van der Waals surface area contributed by atoms with E-state index in [4.69, 9.17) is 14.5 Å². The Balaban J connectivity index is 1.85. The van der Waals surface area contributed by atoms with Crippen molar-refractivity contribution in [1.82, 2.24) is 0 Å². The molecule has 1 aliphatic carbocycles. The number of carbonyl (C=O) groups is 2. The number of hydrogen-bond donors (Lipinski definition) is 0. The second kappa shape index (κ2) is 8.56. The lowest BCUT2D eigenvalue weighted by Gasteiger charge is -2.36. The number of rotatable bonds is 5. The summed E-state index contributed by atoms with van der Waals surface area (Å²) in [5.74, 6) is -0.603. The predicted octanol–water partition coefficient (Wildman–Crippen LogP) is 4.89. The molecule has 30 heavy (non-hydrogen) atoms. The van der Waals surface area contributed by atoms with Gasteiger partial charge in [0.15, 0.2) is 5.78 Å². The van der Waals surface area contributed by atoms with Gasteiger partial charge in [0.2, 0.25) is 0 Å². The van der Waals surface area contributed by atoms with E-state index in [-0.39, 0.29) is 24.3 Å². The molecular weight excluding hydrogens is 398 g/mol. The van der Waals surface area contributed by atoms with E-state index in [1.807, 2.05) is 42.6 Å². The van der Waals surface area contributed by atoms with Crippen LogP contribution in [0.1, 0.15) is 49.0 Å². The standard InChI is InChI=1S/C24H25NO4S/c1-4-29-24(27)21-14(2)25-17-12-15(20-10-7-11-30-20)13-18(26)23(17)22(21)16-8-5-6-9-19(16)28-3/h5-11,15,21-22H,4,12-13H2,1-3H3/t15-,21?,22+/m0/s1. The highest BCUT2D eigenvalue weighted by Gasteiger charge is 2.45. The molecule has 1 aromatic carbocycles. The molecule has 5 nitrogen and oxygen atoms in total. The zero-order valence-electron chi connectivity index (χ0n) is 17.4. The summed E-state index contributed by atoms with van der Waals surface area (Å²) in [5, 5.41) is 2.04. The zero-order chi connectivity index (χ0) is 21.3. The normalized spacial score (nSPS) is 23.6. The van der Waals surface area contributed by atoms with Crippen LogP contribution in [0, 0.1) is 5.92 Å². The Morgan fingerprint density at radius 1 is 1.20 bits per heavy atom. The van der Waals surface area contributed by atoms with Crippen molar-refractivity contribution in [3.8, 4) is 5.75 Å². The first-order valence-electron chi connectivity index (χ1n) is 10.2. The third kappa shape index (κ3) is 3.60. The molecule has 6 heteroatoms. The Bertz CT molecular complexity index is 1020. The molecule has 156 valence electrons. The van der Waals surface area contributed by atoms with Crippen molar-refractivity contribution >= 4 is 28.8 Å². The summed E-state index contributed by atoms with van der Waals surface area (Å²) < 4.78 is 11.0. The first-order chi connectivity index (χ1) is 14.5.